The largest absolute Gasteiger partial charge is 0.347 e. The summed E-state index contributed by atoms with van der Waals surface area (Å²) >= 11 is 0. The van der Waals surface area contributed by atoms with E-state index in [0.717, 1.165) is 0 Å². The summed E-state index contributed by atoms with van der Waals surface area (Å²) in [6.45, 7) is 11.1. The number of carbonyl (C=O) groups excluding carboxylic acids is 7. The molecule has 0 radical (unpaired) electrons. The van der Waals surface area contributed by atoms with Crippen molar-refractivity contribution in [3.63, 3.8) is 0 Å². The number of piperidine rings is 1. The maximum absolute atomic E-state index is 14.3. The molecule has 2 fully saturated rings. The monoisotopic (exact) mass is 769 g/mol. The van der Waals surface area contributed by atoms with Crippen LogP contribution in [0.15, 0.2) is 54.6 Å². The summed E-state index contributed by atoms with van der Waals surface area (Å²) in [7, 11) is 3.12. The number of fused-ring (bicyclic) bond motifs is 1. The molecule has 14 heteroatoms. The van der Waals surface area contributed by atoms with Gasteiger partial charge in [-0.25, -0.2) is 4.79 Å². The van der Waals surface area contributed by atoms with E-state index in [9.17, 15) is 33.6 Å². The third-order valence-corrected chi connectivity index (χ3v) is 10.7. The molecule has 14 nitrogen and oxygen atoms in total. The number of anilines is 1. The van der Waals surface area contributed by atoms with Crippen LogP contribution in [0.5, 0.6) is 0 Å². The van der Waals surface area contributed by atoms with Crippen molar-refractivity contribution in [1.82, 2.24) is 31.1 Å². The summed E-state index contributed by atoms with van der Waals surface area (Å²) < 4.78 is 0. The zero-order chi connectivity index (χ0) is 41.5. The Balaban J connectivity index is 1.46. The van der Waals surface area contributed by atoms with Crippen molar-refractivity contribution in [1.29, 1.82) is 0 Å². The van der Waals surface area contributed by atoms with Gasteiger partial charge in [0, 0.05) is 31.9 Å². The third kappa shape index (κ3) is 10.1. The van der Waals surface area contributed by atoms with E-state index in [-0.39, 0.29) is 36.1 Å². The van der Waals surface area contributed by atoms with Gasteiger partial charge in [0.2, 0.25) is 29.4 Å². The topological polar surface area (TPSA) is 186 Å². The summed E-state index contributed by atoms with van der Waals surface area (Å²) in [6.07, 6.45) is 6.77. The average Bonchev–Trinajstić information content (AvgIpc) is 3.45. The molecule has 1 heterocycles. The van der Waals surface area contributed by atoms with E-state index < -0.39 is 71.6 Å². The summed E-state index contributed by atoms with van der Waals surface area (Å²) in [5, 5.41) is 13.3. The van der Waals surface area contributed by atoms with Gasteiger partial charge in [-0.2, -0.15) is 0 Å². The number of unbranched alkanes of at least 4 members (excludes halogenated alkanes) is 1. The number of rotatable bonds is 15. The molecule has 1 saturated heterocycles. The number of nitrogens with one attached hydrogen (secondary N) is 5. The van der Waals surface area contributed by atoms with Crippen LogP contribution in [0, 0.1) is 35.0 Å². The van der Waals surface area contributed by atoms with Gasteiger partial charge < -0.3 is 36.4 Å². The van der Waals surface area contributed by atoms with Crippen molar-refractivity contribution < 1.29 is 33.6 Å². The van der Waals surface area contributed by atoms with Crippen molar-refractivity contribution in [2.75, 3.05) is 32.5 Å². The predicted molar refractivity (Wildman–Crippen MR) is 212 cm³/mol. The van der Waals surface area contributed by atoms with E-state index in [1.54, 1.807) is 68.7 Å². The molecule has 2 aromatic carbocycles. The van der Waals surface area contributed by atoms with Gasteiger partial charge in [-0.3, -0.25) is 28.8 Å². The number of benzene rings is 2. The smallest absolute Gasteiger partial charge is 0.319 e. The lowest BCUT2D eigenvalue weighted by Gasteiger charge is -2.38. The minimum absolute atomic E-state index is 0.0111. The second-order valence-corrected chi connectivity index (χ2v) is 16.4. The fourth-order valence-corrected chi connectivity index (χ4v) is 7.32. The number of hydrogen-bond donors (Lipinski definition) is 5. The molecule has 7 amide bonds. The normalized spacial score (nSPS) is 19.5. The first kappa shape index (κ1) is 43.0. The molecule has 6 atom stereocenters. The zero-order valence-electron chi connectivity index (χ0n) is 33.5. The third-order valence-electron chi connectivity index (χ3n) is 10.7. The second-order valence-electron chi connectivity index (χ2n) is 16.4. The van der Waals surface area contributed by atoms with E-state index in [4.69, 9.17) is 6.42 Å². The first-order valence-corrected chi connectivity index (χ1v) is 18.9. The highest BCUT2D eigenvalue weighted by atomic mass is 16.2. The van der Waals surface area contributed by atoms with Crippen molar-refractivity contribution in [3.05, 3.63) is 65.7 Å². The fourth-order valence-electron chi connectivity index (χ4n) is 7.32. The fraction of sp³-hybridized carbons (Fsp3) is 0.500. The number of hydrogen-bond acceptors (Lipinski definition) is 7. The van der Waals surface area contributed by atoms with Gasteiger partial charge in [-0.05, 0) is 58.9 Å². The van der Waals surface area contributed by atoms with Crippen molar-refractivity contribution >= 4 is 47.0 Å². The number of nitrogens with zero attached hydrogens (tertiary/aromatic N) is 2. The quantitative estimate of drug-likeness (QED) is 0.136. The molecular weight excluding hydrogens is 715 g/mol. The van der Waals surface area contributed by atoms with E-state index in [2.05, 4.69) is 32.5 Å². The number of Topliss-reactive ketones (excluding diaryl/α,β-unsaturated/α-hetero) is 1. The SMILES string of the molecule is C#Cc1ccc(NC(=O)NC(C(=O)N2CC3C(C2C(=O)NC(CCCC)C(=O)C(=O)NCC(=O)NC(C(=O)N(C)C)c2ccccc2)C3(C)C)C(C)(C)C)cc1. The van der Waals surface area contributed by atoms with Gasteiger partial charge in [0.15, 0.2) is 0 Å². The Morgan fingerprint density at radius 3 is 2.16 bits per heavy atom. The Morgan fingerprint density at radius 2 is 1.59 bits per heavy atom. The number of urea groups is 1. The van der Waals surface area contributed by atoms with E-state index in [0.29, 0.717) is 29.7 Å². The van der Waals surface area contributed by atoms with Crippen LogP contribution in [0.3, 0.4) is 0 Å². The van der Waals surface area contributed by atoms with Gasteiger partial charge in [0.1, 0.15) is 18.1 Å². The first-order chi connectivity index (χ1) is 26.3. The van der Waals surface area contributed by atoms with Crippen LogP contribution >= 0.6 is 0 Å². The maximum atomic E-state index is 14.3. The van der Waals surface area contributed by atoms with Gasteiger partial charge in [0.05, 0.1) is 12.6 Å². The summed E-state index contributed by atoms with van der Waals surface area (Å²) in [5.41, 5.74) is 0.656. The molecular formula is C42H55N7O7. The summed E-state index contributed by atoms with van der Waals surface area (Å²) in [6, 6.07) is 10.5. The van der Waals surface area contributed by atoms with Crippen LogP contribution in [0.25, 0.3) is 0 Å². The average molecular weight is 770 g/mol. The summed E-state index contributed by atoms with van der Waals surface area (Å²) in [4.78, 5) is 97.1. The molecule has 4 rings (SSSR count). The molecule has 1 saturated carbocycles. The number of ketones is 1. The highest BCUT2D eigenvalue weighted by molar-refractivity contribution is 6.38. The van der Waals surface area contributed by atoms with Crippen LogP contribution in [0.2, 0.25) is 0 Å². The number of likely N-dealkylation sites (N-methyl/N-ethyl adjacent to an activating group) is 1. The number of terminal acetylenes is 1. The van der Waals surface area contributed by atoms with Gasteiger partial charge in [-0.1, -0.05) is 90.6 Å². The van der Waals surface area contributed by atoms with Gasteiger partial charge >= 0.3 is 6.03 Å². The van der Waals surface area contributed by atoms with E-state index >= 15 is 0 Å². The molecule has 5 N–H and O–H groups in total. The Morgan fingerprint density at radius 1 is 0.946 bits per heavy atom. The highest BCUT2D eigenvalue weighted by Crippen LogP contribution is 2.65. The Hall–Kier alpha value is -5.71. The number of amides is 7. The first-order valence-electron chi connectivity index (χ1n) is 18.9. The van der Waals surface area contributed by atoms with Crippen molar-refractivity contribution in [2.24, 2.45) is 22.7 Å². The predicted octanol–water partition coefficient (Wildman–Crippen LogP) is 2.99. The van der Waals surface area contributed by atoms with E-state index in [1.807, 2.05) is 41.5 Å². The lowest BCUT2D eigenvalue weighted by Crippen LogP contribution is -2.61. The van der Waals surface area contributed by atoms with Gasteiger partial charge in [-0.15, -0.1) is 6.42 Å². The van der Waals surface area contributed by atoms with Crippen molar-refractivity contribution in [3.8, 4) is 12.3 Å². The molecule has 300 valence electrons. The van der Waals surface area contributed by atoms with Crippen LogP contribution in [-0.4, -0.2) is 96.5 Å². The molecule has 1 aliphatic carbocycles. The Labute approximate surface area is 329 Å². The van der Waals surface area contributed by atoms with Gasteiger partial charge in [0.25, 0.3) is 5.91 Å². The molecule has 2 aliphatic rings. The standard InChI is InChI=1S/C42H55N7O7/c1-10-12-18-29(34(51)37(53)43-23-30(50)46-32(38(54)48(8)9)26-16-14-13-15-17-26)45-36(52)33-31-28(42(31,6)7)24-49(33)39(55)35(41(3,4)5)47-40(56)44-27-21-19-25(11-2)20-22-27/h2,13-17,19-22,28-29,31-33,35H,10,12,18,23-24H2,1,3-9H3,(H,43,53)(H,45,52)(H,46,50)(H2,44,47,56). The number of carbonyl (C=O) groups is 7. The molecule has 1 aliphatic heterocycles. The van der Waals surface area contributed by atoms with Crippen LogP contribution < -0.4 is 26.6 Å². The minimum Gasteiger partial charge on any atom is -0.347 e. The van der Waals surface area contributed by atoms with Crippen LogP contribution in [-0.2, 0) is 28.8 Å². The maximum Gasteiger partial charge on any atom is 0.319 e. The molecule has 0 bridgehead atoms. The molecule has 0 spiro atoms. The zero-order valence-corrected chi connectivity index (χ0v) is 33.5. The lowest BCUT2D eigenvalue weighted by atomic mass is 9.85. The molecule has 6 unspecified atom stereocenters. The highest BCUT2D eigenvalue weighted by Gasteiger charge is 2.70. The van der Waals surface area contributed by atoms with Crippen LogP contribution in [0.1, 0.15) is 78.0 Å². The van der Waals surface area contributed by atoms with Crippen molar-refractivity contribution in [2.45, 2.75) is 85.0 Å². The minimum atomic E-state index is -1.22. The number of likely N-dealkylation sites (tertiary alicyclic amines) is 1. The van der Waals surface area contributed by atoms with Crippen LogP contribution in [0.4, 0.5) is 10.5 Å². The second kappa shape index (κ2) is 17.8. The Bertz CT molecular complexity index is 1850. The molecule has 2 aromatic rings. The lowest BCUT2D eigenvalue weighted by molar-refractivity contribution is -0.145. The molecule has 56 heavy (non-hydrogen) atoms. The summed E-state index contributed by atoms with van der Waals surface area (Å²) in [5.74, 6) is -1.78. The molecule has 0 aromatic heterocycles. The Kier molecular flexibility index (Phi) is 13.7. The van der Waals surface area contributed by atoms with E-state index in [1.165, 1.54) is 9.80 Å².